The first-order valence-electron chi connectivity index (χ1n) is 5.31. The van der Waals surface area contributed by atoms with Crippen LogP contribution in [-0.2, 0) is 11.3 Å². The van der Waals surface area contributed by atoms with Gasteiger partial charge in [0.05, 0.1) is 6.10 Å². The van der Waals surface area contributed by atoms with Crippen LogP contribution in [0.3, 0.4) is 0 Å². The van der Waals surface area contributed by atoms with Gasteiger partial charge in [-0.25, -0.2) is 0 Å². The van der Waals surface area contributed by atoms with Gasteiger partial charge in [0.15, 0.2) is 0 Å². The van der Waals surface area contributed by atoms with Gasteiger partial charge in [-0.2, -0.15) is 0 Å². The highest BCUT2D eigenvalue weighted by molar-refractivity contribution is 9.10. The third kappa shape index (κ3) is 3.28. The molecule has 0 amide bonds. The first-order valence-corrected chi connectivity index (χ1v) is 6.98. The van der Waals surface area contributed by atoms with Gasteiger partial charge in [-0.15, -0.1) is 11.3 Å². The standard InChI is InChI=1S/C11H16BrNOS/c1-8-9(2-3-14-8)5-13-6-11-4-10(12)7-15-11/h4,7-9,13H,2-3,5-6H2,1H3. The molecule has 1 aliphatic heterocycles. The molecule has 2 atom stereocenters. The van der Waals surface area contributed by atoms with Crippen LogP contribution in [0.4, 0.5) is 0 Å². The highest BCUT2D eigenvalue weighted by atomic mass is 79.9. The molecular weight excluding hydrogens is 274 g/mol. The average Bonchev–Trinajstić information content (AvgIpc) is 2.77. The normalized spacial score (nSPS) is 26.0. The molecule has 2 nitrogen and oxygen atoms in total. The summed E-state index contributed by atoms with van der Waals surface area (Å²) in [5.41, 5.74) is 0. The lowest BCUT2D eigenvalue weighted by molar-refractivity contribution is 0.105. The molecule has 1 aromatic heterocycles. The van der Waals surface area contributed by atoms with Crippen molar-refractivity contribution in [2.75, 3.05) is 13.2 Å². The van der Waals surface area contributed by atoms with E-state index in [-0.39, 0.29) is 0 Å². The molecule has 15 heavy (non-hydrogen) atoms. The SMILES string of the molecule is CC1OCCC1CNCc1cc(Br)cs1. The van der Waals surface area contributed by atoms with Crippen molar-refractivity contribution in [3.63, 3.8) is 0 Å². The van der Waals surface area contributed by atoms with Crippen LogP contribution in [-0.4, -0.2) is 19.3 Å². The van der Waals surface area contributed by atoms with Gasteiger partial charge in [-0.3, -0.25) is 0 Å². The van der Waals surface area contributed by atoms with E-state index in [0.717, 1.165) is 19.7 Å². The predicted octanol–water partition coefficient (Wildman–Crippen LogP) is 3.03. The van der Waals surface area contributed by atoms with Crippen molar-refractivity contribution in [3.05, 3.63) is 20.8 Å². The van der Waals surface area contributed by atoms with Crippen molar-refractivity contribution >= 4 is 27.3 Å². The Labute approximate surface area is 103 Å². The van der Waals surface area contributed by atoms with E-state index >= 15 is 0 Å². The minimum Gasteiger partial charge on any atom is -0.378 e. The number of hydrogen-bond donors (Lipinski definition) is 1. The smallest absolute Gasteiger partial charge is 0.0588 e. The Morgan fingerprint density at radius 3 is 3.13 bits per heavy atom. The lowest BCUT2D eigenvalue weighted by Gasteiger charge is -2.14. The molecule has 2 unspecified atom stereocenters. The second-order valence-electron chi connectivity index (χ2n) is 3.99. The lowest BCUT2D eigenvalue weighted by atomic mass is 10.0. The Balaban J connectivity index is 1.70. The zero-order valence-corrected chi connectivity index (χ0v) is 11.2. The van der Waals surface area contributed by atoms with Crippen LogP contribution in [0.2, 0.25) is 0 Å². The lowest BCUT2D eigenvalue weighted by Crippen LogP contribution is -2.26. The molecule has 0 bridgehead atoms. The van der Waals surface area contributed by atoms with Crippen LogP contribution >= 0.6 is 27.3 Å². The maximum absolute atomic E-state index is 5.53. The van der Waals surface area contributed by atoms with E-state index in [9.17, 15) is 0 Å². The van der Waals surface area contributed by atoms with E-state index in [4.69, 9.17) is 4.74 Å². The minimum atomic E-state index is 0.424. The van der Waals surface area contributed by atoms with E-state index in [1.54, 1.807) is 11.3 Å². The Morgan fingerprint density at radius 1 is 1.67 bits per heavy atom. The molecule has 2 rings (SSSR count). The highest BCUT2D eigenvalue weighted by Crippen LogP contribution is 2.21. The van der Waals surface area contributed by atoms with Crippen molar-refractivity contribution in [3.8, 4) is 0 Å². The monoisotopic (exact) mass is 289 g/mol. The quantitative estimate of drug-likeness (QED) is 0.920. The fraction of sp³-hybridized carbons (Fsp3) is 0.636. The average molecular weight is 290 g/mol. The van der Waals surface area contributed by atoms with Crippen molar-refractivity contribution in [2.45, 2.75) is 26.0 Å². The number of halogens is 1. The van der Waals surface area contributed by atoms with Crippen molar-refractivity contribution in [1.29, 1.82) is 0 Å². The number of thiophene rings is 1. The van der Waals surface area contributed by atoms with E-state index in [0.29, 0.717) is 12.0 Å². The molecule has 4 heteroatoms. The van der Waals surface area contributed by atoms with Crippen LogP contribution in [0.15, 0.2) is 15.9 Å². The molecule has 84 valence electrons. The molecular formula is C11H16BrNOS. The molecule has 1 fully saturated rings. The molecule has 0 radical (unpaired) electrons. The second kappa shape index (κ2) is 5.43. The van der Waals surface area contributed by atoms with Crippen LogP contribution in [0.1, 0.15) is 18.2 Å². The Hall–Kier alpha value is 0.1000. The minimum absolute atomic E-state index is 0.424. The second-order valence-corrected chi connectivity index (χ2v) is 5.90. The predicted molar refractivity (Wildman–Crippen MR) is 67.2 cm³/mol. The zero-order chi connectivity index (χ0) is 10.7. The summed E-state index contributed by atoms with van der Waals surface area (Å²) in [6, 6.07) is 2.17. The molecule has 0 spiro atoms. The van der Waals surface area contributed by atoms with Gasteiger partial charge in [-0.05, 0) is 41.3 Å². The summed E-state index contributed by atoms with van der Waals surface area (Å²) in [6.07, 6.45) is 1.62. The highest BCUT2D eigenvalue weighted by Gasteiger charge is 2.23. The summed E-state index contributed by atoms with van der Waals surface area (Å²) in [7, 11) is 0. The van der Waals surface area contributed by atoms with Gasteiger partial charge >= 0.3 is 0 Å². The summed E-state index contributed by atoms with van der Waals surface area (Å²) in [4.78, 5) is 1.38. The number of ether oxygens (including phenoxy) is 1. The summed E-state index contributed by atoms with van der Waals surface area (Å²) >= 11 is 5.25. The van der Waals surface area contributed by atoms with Crippen molar-refractivity contribution in [1.82, 2.24) is 5.32 Å². The van der Waals surface area contributed by atoms with Gasteiger partial charge in [0, 0.05) is 34.4 Å². The zero-order valence-electron chi connectivity index (χ0n) is 8.83. The molecule has 1 aliphatic rings. The summed E-state index contributed by atoms with van der Waals surface area (Å²) in [6.45, 7) is 5.13. The summed E-state index contributed by atoms with van der Waals surface area (Å²) < 4.78 is 6.71. The first kappa shape index (κ1) is 11.6. The van der Waals surface area contributed by atoms with Gasteiger partial charge in [0.2, 0.25) is 0 Å². The van der Waals surface area contributed by atoms with E-state index in [1.807, 2.05) is 0 Å². The molecule has 1 aromatic rings. The van der Waals surface area contributed by atoms with E-state index < -0.39 is 0 Å². The van der Waals surface area contributed by atoms with Gasteiger partial charge in [0.25, 0.3) is 0 Å². The van der Waals surface area contributed by atoms with Gasteiger partial charge < -0.3 is 10.1 Å². The van der Waals surface area contributed by atoms with Gasteiger partial charge in [-0.1, -0.05) is 0 Å². The van der Waals surface area contributed by atoms with E-state index in [1.165, 1.54) is 15.8 Å². The Bertz CT molecular complexity index is 315. The molecule has 1 saturated heterocycles. The third-order valence-corrected chi connectivity index (χ3v) is 4.56. The van der Waals surface area contributed by atoms with E-state index in [2.05, 4.69) is 39.6 Å². The van der Waals surface area contributed by atoms with Crippen molar-refractivity contribution < 1.29 is 4.74 Å². The Morgan fingerprint density at radius 2 is 2.53 bits per heavy atom. The van der Waals surface area contributed by atoms with Crippen LogP contribution in [0.5, 0.6) is 0 Å². The number of rotatable bonds is 4. The van der Waals surface area contributed by atoms with Crippen molar-refractivity contribution in [2.24, 2.45) is 5.92 Å². The topological polar surface area (TPSA) is 21.3 Å². The molecule has 1 N–H and O–H groups in total. The number of nitrogens with one attached hydrogen (secondary N) is 1. The maximum atomic E-state index is 5.53. The van der Waals surface area contributed by atoms with Gasteiger partial charge in [0.1, 0.15) is 0 Å². The fourth-order valence-electron chi connectivity index (χ4n) is 1.87. The third-order valence-electron chi connectivity index (χ3n) is 2.86. The fourth-order valence-corrected chi connectivity index (χ4v) is 3.29. The van der Waals surface area contributed by atoms with Crippen LogP contribution in [0, 0.1) is 5.92 Å². The Kier molecular flexibility index (Phi) is 4.20. The molecule has 0 aromatic carbocycles. The van der Waals surface area contributed by atoms with Crippen LogP contribution < -0.4 is 5.32 Å². The molecule has 0 aliphatic carbocycles. The molecule has 2 heterocycles. The summed E-state index contributed by atoms with van der Waals surface area (Å²) in [5.74, 6) is 0.688. The maximum Gasteiger partial charge on any atom is 0.0588 e. The molecule has 0 saturated carbocycles. The summed E-state index contributed by atoms with van der Waals surface area (Å²) in [5, 5.41) is 5.62. The van der Waals surface area contributed by atoms with Crippen LogP contribution in [0.25, 0.3) is 0 Å². The number of hydrogen-bond acceptors (Lipinski definition) is 3. The largest absolute Gasteiger partial charge is 0.378 e. The first-order chi connectivity index (χ1) is 7.25.